The Kier molecular flexibility index (Phi) is 4.29. The van der Waals surface area contributed by atoms with Crippen LogP contribution in [0.15, 0.2) is 35.3 Å². The summed E-state index contributed by atoms with van der Waals surface area (Å²) < 4.78 is 13.9. The summed E-state index contributed by atoms with van der Waals surface area (Å²) in [6.45, 7) is 1.45. The van der Waals surface area contributed by atoms with E-state index in [1.165, 1.54) is 12.3 Å². The number of nitrogens with one attached hydrogen (secondary N) is 2. The highest BCUT2D eigenvalue weighted by molar-refractivity contribution is 6.32. The van der Waals surface area contributed by atoms with E-state index in [1.807, 2.05) is 11.0 Å². The van der Waals surface area contributed by atoms with Gasteiger partial charge in [0.1, 0.15) is 10.8 Å². The van der Waals surface area contributed by atoms with Crippen molar-refractivity contribution in [2.24, 2.45) is 0 Å². The third-order valence-electron chi connectivity index (χ3n) is 3.77. The highest BCUT2D eigenvalue weighted by Crippen LogP contribution is 2.25. The first-order valence-electron chi connectivity index (χ1n) is 7.14. The van der Waals surface area contributed by atoms with Gasteiger partial charge in [-0.15, -0.1) is 0 Å². The first kappa shape index (κ1) is 14.8. The molecule has 116 valence electrons. The predicted molar refractivity (Wildman–Crippen MR) is 85.1 cm³/mol. The van der Waals surface area contributed by atoms with Crippen molar-refractivity contribution in [3.8, 4) is 0 Å². The van der Waals surface area contributed by atoms with Crippen LogP contribution in [-0.2, 0) is 0 Å². The number of nitrogens with zero attached hydrogens (tertiary/aromatic N) is 2. The fraction of sp³-hybridized carbons (Fsp3) is 0.333. The van der Waals surface area contributed by atoms with Gasteiger partial charge in [0.25, 0.3) is 5.56 Å². The van der Waals surface area contributed by atoms with E-state index in [9.17, 15) is 9.18 Å². The van der Waals surface area contributed by atoms with Crippen LogP contribution in [0.3, 0.4) is 0 Å². The van der Waals surface area contributed by atoms with E-state index in [2.05, 4.69) is 15.5 Å². The molecule has 0 saturated carbocycles. The molecule has 2 heterocycles. The standard InChI is InChI=1S/C15H16ClFN4O/c16-14-12(8-18-20-15(14)22)19-10-4-3-7-21(9-10)13-6-2-1-5-11(13)17/h1-2,5-6,8,10H,3-4,7,9H2,(H2,19,20,22). The lowest BCUT2D eigenvalue weighted by molar-refractivity contribution is 0.519. The van der Waals surface area contributed by atoms with Gasteiger partial charge in [-0.1, -0.05) is 23.7 Å². The third kappa shape index (κ3) is 3.06. The molecule has 2 N–H and O–H groups in total. The van der Waals surface area contributed by atoms with E-state index in [1.54, 1.807) is 12.1 Å². The van der Waals surface area contributed by atoms with E-state index < -0.39 is 5.56 Å². The molecule has 0 spiro atoms. The van der Waals surface area contributed by atoms with Crippen molar-refractivity contribution in [3.63, 3.8) is 0 Å². The first-order chi connectivity index (χ1) is 10.6. The Bertz CT molecular complexity index is 721. The van der Waals surface area contributed by atoms with Crippen LogP contribution in [0.2, 0.25) is 5.02 Å². The smallest absolute Gasteiger partial charge is 0.285 e. The molecule has 5 nitrogen and oxygen atoms in total. The van der Waals surface area contributed by atoms with Crippen LogP contribution in [0.5, 0.6) is 0 Å². The number of hydrogen-bond donors (Lipinski definition) is 2. The number of benzene rings is 1. The van der Waals surface area contributed by atoms with Gasteiger partial charge in [-0.05, 0) is 25.0 Å². The number of anilines is 2. The van der Waals surface area contributed by atoms with Crippen LogP contribution in [0.1, 0.15) is 12.8 Å². The molecule has 7 heteroatoms. The molecule has 1 aromatic heterocycles. The number of rotatable bonds is 3. The van der Waals surface area contributed by atoms with Crippen molar-refractivity contribution in [1.29, 1.82) is 0 Å². The van der Waals surface area contributed by atoms with Crippen LogP contribution in [0, 0.1) is 5.82 Å². The van der Waals surface area contributed by atoms with Crippen LogP contribution in [0.25, 0.3) is 0 Å². The van der Waals surface area contributed by atoms with Crippen LogP contribution >= 0.6 is 11.6 Å². The minimum absolute atomic E-state index is 0.0782. The summed E-state index contributed by atoms with van der Waals surface area (Å²) in [6, 6.07) is 6.82. The second-order valence-electron chi connectivity index (χ2n) is 5.31. The molecule has 1 atom stereocenters. The molecule has 1 aromatic carbocycles. The molecule has 0 bridgehead atoms. The van der Waals surface area contributed by atoms with E-state index in [0.717, 1.165) is 19.4 Å². The summed E-state index contributed by atoms with van der Waals surface area (Å²) in [7, 11) is 0. The second kappa shape index (κ2) is 6.36. The lowest BCUT2D eigenvalue weighted by Crippen LogP contribution is -2.42. The van der Waals surface area contributed by atoms with Gasteiger partial charge in [0.2, 0.25) is 0 Å². The minimum atomic E-state index is -0.423. The number of piperidine rings is 1. The quantitative estimate of drug-likeness (QED) is 0.912. The molecule has 1 aliphatic heterocycles. The molecule has 0 radical (unpaired) electrons. The van der Waals surface area contributed by atoms with E-state index in [4.69, 9.17) is 11.6 Å². The maximum atomic E-state index is 13.9. The lowest BCUT2D eigenvalue weighted by atomic mass is 10.0. The molecule has 0 aliphatic carbocycles. The van der Waals surface area contributed by atoms with Gasteiger partial charge in [0.15, 0.2) is 0 Å². The van der Waals surface area contributed by atoms with Crippen molar-refractivity contribution < 1.29 is 4.39 Å². The van der Waals surface area contributed by atoms with Gasteiger partial charge in [0.05, 0.1) is 17.6 Å². The summed E-state index contributed by atoms with van der Waals surface area (Å²) in [5.74, 6) is -0.223. The molecule has 1 fully saturated rings. The van der Waals surface area contributed by atoms with Gasteiger partial charge in [-0.2, -0.15) is 5.10 Å². The second-order valence-corrected chi connectivity index (χ2v) is 5.69. The Morgan fingerprint density at radius 1 is 1.41 bits per heavy atom. The first-order valence-corrected chi connectivity index (χ1v) is 7.52. The maximum Gasteiger partial charge on any atom is 0.285 e. The van der Waals surface area contributed by atoms with Crippen LogP contribution in [-0.4, -0.2) is 29.3 Å². The Balaban J connectivity index is 1.75. The molecular weight excluding hydrogens is 307 g/mol. The number of aromatic nitrogens is 2. The molecule has 3 rings (SSSR count). The zero-order valence-corrected chi connectivity index (χ0v) is 12.6. The average Bonchev–Trinajstić information content (AvgIpc) is 2.53. The SMILES string of the molecule is O=c1[nH]ncc(NC2CCCN(c3ccccc3F)C2)c1Cl. The van der Waals surface area contributed by atoms with Crippen molar-refractivity contribution >= 4 is 23.0 Å². The number of para-hydroxylation sites is 1. The van der Waals surface area contributed by atoms with Gasteiger partial charge < -0.3 is 10.2 Å². The number of hydrogen-bond acceptors (Lipinski definition) is 4. The monoisotopic (exact) mass is 322 g/mol. The van der Waals surface area contributed by atoms with Gasteiger partial charge >= 0.3 is 0 Å². The number of aromatic amines is 1. The Morgan fingerprint density at radius 3 is 3.05 bits per heavy atom. The zero-order valence-electron chi connectivity index (χ0n) is 11.9. The van der Waals surface area contributed by atoms with Gasteiger partial charge in [-0.3, -0.25) is 4.79 Å². The van der Waals surface area contributed by atoms with Crippen molar-refractivity contribution in [1.82, 2.24) is 10.2 Å². The third-order valence-corrected chi connectivity index (χ3v) is 4.14. The molecular formula is C15H16ClFN4O. The van der Waals surface area contributed by atoms with Gasteiger partial charge in [0, 0.05) is 19.1 Å². The Labute approximate surface area is 132 Å². The van der Waals surface area contributed by atoms with E-state index in [0.29, 0.717) is 17.9 Å². The largest absolute Gasteiger partial charge is 0.378 e. The summed E-state index contributed by atoms with van der Waals surface area (Å²) >= 11 is 5.97. The van der Waals surface area contributed by atoms with Crippen molar-refractivity contribution in [2.45, 2.75) is 18.9 Å². The van der Waals surface area contributed by atoms with E-state index in [-0.39, 0.29) is 16.9 Å². The van der Waals surface area contributed by atoms with Crippen LogP contribution < -0.4 is 15.8 Å². The Hall–Kier alpha value is -2.08. The average molecular weight is 323 g/mol. The Morgan fingerprint density at radius 2 is 2.23 bits per heavy atom. The fourth-order valence-corrected chi connectivity index (χ4v) is 2.87. The maximum absolute atomic E-state index is 13.9. The lowest BCUT2D eigenvalue weighted by Gasteiger charge is -2.35. The molecule has 22 heavy (non-hydrogen) atoms. The number of H-pyrrole nitrogens is 1. The normalized spacial score (nSPS) is 18.3. The predicted octanol–water partition coefficient (Wildman–Crippen LogP) is 2.64. The summed E-state index contributed by atoms with van der Waals surface area (Å²) in [6.07, 6.45) is 3.35. The summed E-state index contributed by atoms with van der Waals surface area (Å²) in [5.41, 5.74) is 0.684. The topological polar surface area (TPSA) is 61.0 Å². The summed E-state index contributed by atoms with van der Waals surface area (Å²) in [5, 5.41) is 9.35. The minimum Gasteiger partial charge on any atom is -0.378 e. The van der Waals surface area contributed by atoms with E-state index >= 15 is 0 Å². The fourth-order valence-electron chi connectivity index (χ4n) is 2.73. The van der Waals surface area contributed by atoms with Gasteiger partial charge in [-0.25, -0.2) is 9.49 Å². The zero-order chi connectivity index (χ0) is 15.5. The summed E-state index contributed by atoms with van der Waals surface area (Å²) in [4.78, 5) is 13.5. The van der Waals surface area contributed by atoms with Crippen LogP contribution in [0.4, 0.5) is 15.8 Å². The molecule has 0 amide bonds. The molecule has 1 unspecified atom stereocenters. The number of halogens is 2. The molecule has 2 aromatic rings. The van der Waals surface area contributed by atoms with Crippen molar-refractivity contribution in [2.75, 3.05) is 23.3 Å². The molecule has 1 saturated heterocycles. The highest BCUT2D eigenvalue weighted by Gasteiger charge is 2.22. The molecule has 1 aliphatic rings. The highest BCUT2D eigenvalue weighted by atomic mass is 35.5. The van der Waals surface area contributed by atoms with Crippen molar-refractivity contribution in [3.05, 3.63) is 51.7 Å².